The van der Waals surface area contributed by atoms with Crippen molar-refractivity contribution in [2.24, 2.45) is 0 Å². The van der Waals surface area contributed by atoms with Crippen molar-refractivity contribution in [1.82, 2.24) is 4.90 Å². The highest BCUT2D eigenvalue weighted by atomic mass is 32.1. The van der Waals surface area contributed by atoms with Crippen molar-refractivity contribution >= 4 is 17.1 Å². The number of fused-ring (bicyclic) bond motifs is 2. The average Bonchev–Trinajstić information content (AvgIpc) is 3.13. The van der Waals surface area contributed by atoms with Crippen LogP contribution >= 0.6 is 11.3 Å². The lowest BCUT2D eigenvalue weighted by Crippen LogP contribution is -2.41. The van der Waals surface area contributed by atoms with Gasteiger partial charge in [-0.15, -0.1) is 11.3 Å². The van der Waals surface area contributed by atoms with Crippen LogP contribution in [0.25, 0.3) is 0 Å². The quantitative estimate of drug-likeness (QED) is 0.691. The van der Waals surface area contributed by atoms with Gasteiger partial charge in [0.25, 0.3) is 0 Å². The normalized spacial score (nSPS) is 26.1. The number of ketones is 1. The summed E-state index contributed by atoms with van der Waals surface area (Å²) in [6.45, 7) is 4.44. The number of carbonyl (C=O) groups is 1. The van der Waals surface area contributed by atoms with Gasteiger partial charge in [0, 0.05) is 18.6 Å². The molecule has 2 aliphatic heterocycles. The van der Waals surface area contributed by atoms with Gasteiger partial charge < -0.3 is 0 Å². The molecule has 1 aromatic heterocycles. The van der Waals surface area contributed by atoms with Gasteiger partial charge >= 0.3 is 0 Å². The summed E-state index contributed by atoms with van der Waals surface area (Å²) in [6.07, 6.45) is 4.83. The van der Waals surface area contributed by atoms with E-state index in [0.29, 0.717) is 18.0 Å². The van der Waals surface area contributed by atoms with E-state index in [1.807, 2.05) is 19.1 Å². The standard InChI is InChI=1S/C21H24FNOS/c1-13-7-16(3-6-20(13)22)17-9-18-4-5-19(10-17)23(18)11-15-8-21(14(2)24)25-12-15/h3,6-8,12,17-19H,4-5,9-11H2,1-2H3/t17?,18-,19+. The number of hydrogen-bond acceptors (Lipinski definition) is 3. The zero-order valence-electron chi connectivity index (χ0n) is 14.8. The van der Waals surface area contributed by atoms with E-state index < -0.39 is 0 Å². The summed E-state index contributed by atoms with van der Waals surface area (Å²) in [5, 5.41) is 2.13. The summed E-state index contributed by atoms with van der Waals surface area (Å²) < 4.78 is 13.6. The minimum atomic E-state index is -0.108. The van der Waals surface area contributed by atoms with E-state index in [-0.39, 0.29) is 11.6 Å². The first-order valence-electron chi connectivity index (χ1n) is 9.11. The maximum Gasteiger partial charge on any atom is 0.169 e. The third kappa shape index (κ3) is 3.30. The van der Waals surface area contributed by atoms with Crippen LogP contribution in [0.2, 0.25) is 0 Å². The third-order valence-corrected chi connectivity index (χ3v) is 6.98. The number of carbonyl (C=O) groups excluding carboxylic acids is 1. The molecule has 3 heterocycles. The summed E-state index contributed by atoms with van der Waals surface area (Å²) >= 11 is 1.56. The summed E-state index contributed by atoms with van der Waals surface area (Å²) in [6, 6.07) is 8.90. The van der Waals surface area contributed by atoms with Gasteiger partial charge in [-0.05, 0) is 79.7 Å². The highest BCUT2D eigenvalue weighted by Gasteiger charge is 2.41. The number of hydrogen-bond donors (Lipinski definition) is 0. The van der Waals surface area contributed by atoms with Crippen LogP contribution < -0.4 is 0 Å². The summed E-state index contributed by atoms with van der Waals surface area (Å²) in [7, 11) is 0. The number of rotatable bonds is 4. The molecular weight excluding hydrogens is 333 g/mol. The number of aryl methyl sites for hydroxylation is 1. The van der Waals surface area contributed by atoms with E-state index in [2.05, 4.69) is 16.3 Å². The maximum absolute atomic E-state index is 13.6. The first-order chi connectivity index (χ1) is 12.0. The minimum Gasteiger partial charge on any atom is -0.294 e. The van der Waals surface area contributed by atoms with Crippen LogP contribution in [0.15, 0.2) is 29.6 Å². The molecule has 4 heteroatoms. The Balaban J connectivity index is 1.47. The Hall–Kier alpha value is -1.52. The fraction of sp³-hybridized carbons (Fsp3) is 0.476. The van der Waals surface area contributed by atoms with Crippen molar-refractivity contribution in [3.63, 3.8) is 0 Å². The number of benzene rings is 1. The number of nitrogens with zero attached hydrogens (tertiary/aromatic N) is 1. The lowest BCUT2D eigenvalue weighted by atomic mass is 9.84. The average molecular weight is 357 g/mol. The van der Waals surface area contributed by atoms with Gasteiger partial charge in [-0.2, -0.15) is 0 Å². The van der Waals surface area contributed by atoms with Gasteiger partial charge in [0.05, 0.1) is 4.88 Å². The van der Waals surface area contributed by atoms with Gasteiger partial charge in [0.15, 0.2) is 5.78 Å². The molecule has 0 saturated carbocycles. The second-order valence-corrected chi connectivity index (χ2v) is 8.52. The molecule has 2 bridgehead atoms. The van der Waals surface area contributed by atoms with Crippen LogP contribution in [0, 0.1) is 12.7 Å². The minimum absolute atomic E-state index is 0.108. The molecule has 1 unspecified atom stereocenters. The smallest absolute Gasteiger partial charge is 0.169 e. The number of Topliss-reactive ketones (excluding diaryl/α,β-unsaturated/α-hetero) is 1. The molecule has 2 nitrogen and oxygen atoms in total. The highest BCUT2D eigenvalue weighted by molar-refractivity contribution is 7.12. The SMILES string of the molecule is CC(=O)c1cc(CN2[C@@H]3CC[C@H]2CC(c2ccc(F)c(C)c2)C3)cs1. The predicted octanol–water partition coefficient (Wildman–Crippen LogP) is 5.31. The van der Waals surface area contributed by atoms with Crippen molar-refractivity contribution in [1.29, 1.82) is 0 Å². The molecule has 0 spiro atoms. The summed E-state index contributed by atoms with van der Waals surface area (Å²) in [5.74, 6) is 0.593. The Morgan fingerprint density at radius 1 is 1.24 bits per heavy atom. The van der Waals surface area contributed by atoms with Crippen LogP contribution in [-0.4, -0.2) is 22.8 Å². The molecule has 2 aromatic rings. The summed E-state index contributed by atoms with van der Waals surface area (Å²) in [5.41, 5.74) is 3.32. The fourth-order valence-corrected chi connectivity index (χ4v) is 5.39. The molecule has 1 aromatic carbocycles. The number of thiophene rings is 1. The van der Waals surface area contributed by atoms with Crippen molar-refractivity contribution in [3.05, 3.63) is 57.0 Å². The summed E-state index contributed by atoms with van der Waals surface area (Å²) in [4.78, 5) is 15.0. The van der Waals surface area contributed by atoms with Crippen molar-refractivity contribution < 1.29 is 9.18 Å². The molecule has 4 rings (SSSR count). The molecule has 2 fully saturated rings. The molecule has 0 aliphatic carbocycles. The van der Waals surface area contributed by atoms with Gasteiger partial charge in [-0.3, -0.25) is 9.69 Å². The molecule has 3 atom stereocenters. The van der Waals surface area contributed by atoms with E-state index in [4.69, 9.17) is 0 Å². The van der Waals surface area contributed by atoms with Crippen molar-refractivity contribution in [2.75, 3.05) is 0 Å². The molecule has 0 N–H and O–H groups in total. The lowest BCUT2D eigenvalue weighted by molar-refractivity contribution is 0.102. The molecule has 0 amide bonds. The van der Waals surface area contributed by atoms with Gasteiger partial charge in [-0.25, -0.2) is 4.39 Å². The van der Waals surface area contributed by atoms with Crippen LogP contribution in [-0.2, 0) is 6.54 Å². The van der Waals surface area contributed by atoms with Crippen molar-refractivity contribution in [2.45, 2.75) is 64.1 Å². The number of piperidine rings is 1. The van der Waals surface area contributed by atoms with Gasteiger partial charge in [0.2, 0.25) is 0 Å². The molecular formula is C21H24FNOS. The van der Waals surface area contributed by atoms with Gasteiger partial charge in [0.1, 0.15) is 5.82 Å². The van der Waals surface area contributed by atoms with Gasteiger partial charge in [-0.1, -0.05) is 12.1 Å². The van der Waals surface area contributed by atoms with Crippen LogP contribution in [0.3, 0.4) is 0 Å². The zero-order valence-corrected chi connectivity index (χ0v) is 15.6. The van der Waals surface area contributed by atoms with Crippen LogP contribution in [0.5, 0.6) is 0 Å². The second kappa shape index (κ2) is 6.65. The lowest BCUT2D eigenvalue weighted by Gasteiger charge is -2.39. The maximum atomic E-state index is 13.6. The zero-order chi connectivity index (χ0) is 17.6. The van der Waals surface area contributed by atoms with E-state index in [1.54, 1.807) is 24.3 Å². The molecule has 0 radical (unpaired) electrons. The Bertz CT molecular complexity index is 785. The Labute approximate surface area is 152 Å². The Morgan fingerprint density at radius 2 is 1.96 bits per heavy atom. The fourth-order valence-electron chi connectivity index (χ4n) is 4.58. The molecule has 132 valence electrons. The molecule has 2 aliphatic rings. The Kier molecular flexibility index (Phi) is 4.50. The topological polar surface area (TPSA) is 20.3 Å². The third-order valence-electron chi connectivity index (χ3n) is 5.90. The van der Waals surface area contributed by atoms with E-state index in [0.717, 1.165) is 29.8 Å². The van der Waals surface area contributed by atoms with Crippen molar-refractivity contribution in [3.8, 4) is 0 Å². The highest BCUT2D eigenvalue weighted by Crippen LogP contribution is 2.44. The molecule has 25 heavy (non-hydrogen) atoms. The van der Waals surface area contributed by atoms with E-state index in [9.17, 15) is 9.18 Å². The largest absolute Gasteiger partial charge is 0.294 e. The Morgan fingerprint density at radius 3 is 2.56 bits per heavy atom. The second-order valence-electron chi connectivity index (χ2n) is 7.61. The monoisotopic (exact) mass is 357 g/mol. The molecule has 2 saturated heterocycles. The predicted molar refractivity (Wildman–Crippen MR) is 99.8 cm³/mol. The first-order valence-corrected chi connectivity index (χ1v) is 9.99. The van der Waals surface area contributed by atoms with E-state index >= 15 is 0 Å². The van der Waals surface area contributed by atoms with E-state index in [1.165, 1.54) is 24.0 Å². The first kappa shape index (κ1) is 16.9. The number of halogens is 1. The van der Waals surface area contributed by atoms with Crippen LogP contribution in [0.1, 0.15) is 64.9 Å². The van der Waals surface area contributed by atoms with Crippen LogP contribution in [0.4, 0.5) is 4.39 Å².